The molecule has 2 aliphatic carbocycles. The number of hydrogen-bond donors (Lipinski definition) is 2. The number of aryl methyl sites for hydroxylation is 2. The zero-order valence-corrected chi connectivity index (χ0v) is 15.5. The highest BCUT2D eigenvalue weighted by Crippen LogP contribution is 2.38. The van der Waals surface area contributed by atoms with E-state index >= 15 is 0 Å². The maximum absolute atomic E-state index is 12.7. The van der Waals surface area contributed by atoms with Gasteiger partial charge in [-0.15, -0.1) is 0 Å². The summed E-state index contributed by atoms with van der Waals surface area (Å²) in [7, 11) is 0. The summed E-state index contributed by atoms with van der Waals surface area (Å²) in [5.41, 5.74) is 4.99. The zero-order chi connectivity index (χ0) is 19.0. The van der Waals surface area contributed by atoms with Crippen LogP contribution in [0.25, 0.3) is 0 Å². The number of carboxylic acids is 1. The van der Waals surface area contributed by atoms with Crippen LogP contribution in [-0.4, -0.2) is 31.7 Å². The molecule has 1 aromatic carbocycles. The number of amides is 1. The lowest BCUT2D eigenvalue weighted by Gasteiger charge is -2.24. The first-order valence-electron chi connectivity index (χ1n) is 9.54. The molecule has 1 heterocycles. The van der Waals surface area contributed by atoms with Crippen LogP contribution < -0.4 is 5.32 Å². The highest BCUT2D eigenvalue weighted by atomic mass is 16.4. The van der Waals surface area contributed by atoms with Gasteiger partial charge in [0.1, 0.15) is 12.7 Å². The van der Waals surface area contributed by atoms with E-state index in [0.29, 0.717) is 0 Å². The second kappa shape index (κ2) is 6.79. The molecule has 7 nitrogen and oxygen atoms in total. The largest absolute Gasteiger partial charge is 0.479 e. The van der Waals surface area contributed by atoms with Gasteiger partial charge in [0.2, 0.25) is 5.91 Å². The molecule has 1 unspecified atom stereocenters. The number of aromatic nitrogens is 3. The van der Waals surface area contributed by atoms with Crippen molar-refractivity contribution in [3.8, 4) is 0 Å². The van der Waals surface area contributed by atoms with E-state index in [4.69, 9.17) is 0 Å². The Balaban J connectivity index is 1.52. The number of carbonyl (C=O) groups excluding carboxylic acids is 1. The van der Waals surface area contributed by atoms with Crippen molar-refractivity contribution in [2.75, 3.05) is 5.32 Å². The third kappa shape index (κ3) is 3.11. The summed E-state index contributed by atoms with van der Waals surface area (Å²) in [5.74, 6) is -1.17. The number of benzene rings is 1. The van der Waals surface area contributed by atoms with Gasteiger partial charge < -0.3 is 10.4 Å². The van der Waals surface area contributed by atoms with Crippen LogP contribution in [0.5, 0.6) is 0 Å². The van der Waals surface area contributed by atoms with Crippen LogP contribution in [0.3, 0.4) is 0 Å². The average molecular weight is 368 g/mol. The summed E-state index contributed by atoms with van der Waals surface area (Å²) in [6.07, 6.45) is 9.36. The zero-order valence-electron chi connectivity index (χ0n) is 15.5. The van der Waals surface area contributed by atoms with Crippen molar-refractivity contribution in [1.29, 1.82) is 0 Å². The first kappa shape index (κ1) is 17.7. The van der Waals surface area contributed by atoms with Gasteiger partial charge in [-0.2, -0.15) is 5.10 Å². The lowest BCUT2D eigenvalue weighted by molar-refractivity contribution is -0.147. The van der Waals surface area contributed by atoms with Crippen molar-refractivity contribution in [2.45, 2.75) is 63.8 Å². The third-order valence-electron chi connectivity index (χ3n) is 5.96. The molecule has 1 amide bonds. The molecule has 7 heteroatoms. The van der Waals surface area contributed by atoms with Gasteiger partial charge in [0, 0.05) is 12.1 Å². The highest BCUT2D eigenvalue weighted by Gasteiger charge is 2.36. The molecule has 1 aromatic heterocycles. The monoisotopic (exact) mass is 368 g/mol. The highest BCUT2D eigenvalue weighted by molar-refractivity contribution is 5.93. The number of nitrogens with zero attached hydrogens (tertiary/aromatic N) is 3. The first-order chi connectivity index (χ1) is 13.0. The van der Waals surface area contributed by atoms with Gasteiger partial charge in [0.15, 0.2) is 5.54 Å². The summed E-state index contributed by atoms with van der Waals surface area (Å²) < 4.78 is 1.31. The second-order valence-electron chi connectivity index (χ2n) is 7.70. The number of carbonyl (C=O) groups is 2. The Labute approximate surface area is 157 Å². The normalized spacial score (nSPS) is 17.2. The average Bonchev–Trinajstić information content (AvgIpc) is 3.39. The van der Waals surface area contributed by atoms with E-state index in [9.17, 15) is 14.7 Å². The summed E-state index contributed by atoms with van der Waals surface area (Å²) in [6.45, 7) is 1.56. The summed E-state index contributed by atoms with van der Waals surface area (Å²) in [6, 6.07) is 2.33. The topological polar surface area (TPSA) is 97.1 Å². The van der Waals surface area contributed by atoms with Gasteiger partial charge in [-0.3, -0.25) is 4.79 Å². The predicted molar refractivity (Wildman–Crippen MR) is 99.7 cm³/mol. The van der Waals surface area contributed by atoms with E-state index in [2.05, 4.69) is 21.5 Å². The van der Waals surface area contributed by atoms with Crippen molar-refractivity contribution in [2.24, 2.45) is 0 Å². The lowest BCUT2D eigenvalue weighted by atomic mass is 9.95. The van der Waals surface area contributed by atoms with Crippen LogP contribution in [0.2, 0.25) is 0 Å². The van der Waals surface area contributed by atoms with Crippen LogP contribution in [-0.2, 0) is 40.8 Å². The van der Waals surface area contributed by atoms with Crippen LogP contribution in [0.4, 0.5) is 5.69 Å². The number of hydrogen-bond acceptors (Lipinski definition) is 4. The van der Waals surface area contributed by atoms with E-state index < -0.39 is 11.5 Å². The first-order valence-corrected chi connectivity index (χ1v) is 9.54. The predicted octanol–water partition coefficient (Wildman–Crippen LogP) is 2.47. The van der Waals surface area contributed by atoms with Crippen molar-refractivity contribution in [1.82, 2.24) is 14.8 Å². The van der Waals surface area contributed by atoms with Gasteiger partial charge in [-0.25, -0.2) is 14.5 Å². The minimum Gasteiger partial charge on any atom is -0.479 e. The van der Waals surface area contributed by atoms with Crippen LogP contribution in [0, 0.1) is 0 Å². The molecule has 0 bridgehead atoms. The Morgan fingerprint density at radius 1 is 1.19 bits per heavy atom. The molecular weight excluding hydrogens is 344 g/mol. The molecule has 0 saturated carbocycles. The minimum atomic E-state index is -1.30. The molecule has 0 radical (unpaired) electrons. The Morgan fingerprint density at radius 2 is 1.85 bits per heavy atom. The molecule has 0 spiro atoms. The Kier molecular flexibility index (Phi) is 4.45. The second-order valence-corrected chi connectivity index (χ2v) is 7.70. The number of fused-ring (bicyclic) bond motifs is 2. The van der Waals surface area contributed by atoms with E-state index in [-0.39, 0.29) is 18.7 Å². The summed E-state index contributed by atoms with van der Waals surface area (Å²) in [4.78, 5) is 28.3. The van der Waals surface area contributed by atoms with Crippen molar-refractivity contribution in [3.63, 3.8) is 0 Å². The van der Waals surface area contributed by atoms with Crippen LogP contribution >= 0.6 is 0 Å². The van der Waals surface area contributed by atoms with Gasteiger partial charge in [-0.1, -0.05) is 6.07 Å². The number of anilines is 1. The molecule has 1 atom stereocenters. The molecule has 142 valence electrons. The molecule has 4 rings (SSSR count). The molecule has 2 N–H and O–H groups in total. The van der Waals surface area contributed by atoms with Gasteiger partial charge in [0.25, 0.3) is 0 Å². The SMILES string of the molecule is CC(CCC(=O)Nc1c2c(cc3c1CCC3)CCC2)(C(=O)O)n1cncn1. The number of nitrogens with one attached hydrogen (secondary N) is 1. The summed E-state index contributed by atoms with van der Waals surface area (Å²) in [5, 5.41) is 16.7. The fourth-order valence-electron chi connectivity index (χ4n) is 4.31. The fraction of sp³-hybridized carbons (Fsp3) is 0.500. The Hall–Kier alpha value is -2.70. The number of aliphatic carboxylic acids is 1. The Morgan fingerprint density at radius 3 is 2.41 bits per heavy atom. The van der Waals surface area contributed by atoms with E-state index in [1.54, 1.807) is 6.92 Å². The maximum atomic E-state index is 12.7. The smallest absolute Gasteiger partial charge is 0.331 e. The maximum Gasteiger partial charge on any atom is 0.331 e. The van der Waals surface area contributed by atoms with Crippen molar-refractivity contribution >= 4 is 17.6 Å². The molecule has 0 fully saturated rings. The molecule has 27 heavy (non-hydrogen) atoms. The minimum absolute atomic E-state index is 0.112. The molecule has 2 aliphatic rings. The third-order valence-corrected chi connectivity index (χ3v) is 5.96. The molecule has 2 aromatic rings. The van der Waals surface area contributed by atoms with Crippen molar-refractivity contribution in [3.05, 3.63) is 41.0 Å². The van der Waals surface area contributed by atoms with E-state index in [0.717, 1.165) is 44.2 Å². The van der Waals surface area contributed by atoms with E-state index in [1.807, 2.05) is 0 Å². The standard InChI is InChI=1S/C20H24N4O3/c1-20(19(26)27,24-12-21-11-22-24)9-8-17(25)23-18-15-6-2-4-13(15)10-14-5-3-7-16(14)18/h10-12H,2-9H2,1H3,(H,23,25)(H,26,27). The molecular formula is C20H24N4O3. The number of carboxylic acid groups (broad SMARTS) is 1. The molecule has 0 saturated heterocycles. The van der Waals surface area contributed by atoms with Gasteiger partial charge in [-0.05, 0) is 74.1 Å². The Bertz CT molecular complexity index is 859. The summed E-state index contributed by atoms with van der Waals surface area (Å²) >= 11 is 0. The van der Waals surface area contributed by atoms with Crippen LogP contribution in [0.15, 0.2) is 18.7 Å². The van der Waals surface area contributed by atoms with Crippen LogP contribution in [0.1, 0.15) is 54.9 Å². The number of rotatable bonds is 6. The lowest BCUT2D eigenvalue weighted by Crippen LogP contribution is -2.40. The van der Waals surface area contributed by atoms with Crippen molar-refractivity contribution < 1.29 is 14.7 Å². The fourth-order valence-corrected chi connectivity index (χ4v) is 4.31. The quantitative estimate of drug-likeness (QED) is 0.816. The van der Waals surface area contributed by atoms with E-state index in [1.165, 1.54) is 39.6 Å². The van der Waals surface area contributed by atoms with Gasteiger partial charge >= 0.3 is 5.97 Å². The molecule has 0 aliphatic heterocycles. The van der Waals surface area contributed by atoms with Gasteiger partial charge in [0.05, 0.1) is 0 Å².